The molecule has 3 aromatic rings. The Morgan fingerprint density at radius 1 is 1.00 bits per heavy atom. The Bertz CT molecular complexity index is 1100. The summed E-state index contributed by atoms with van der Waals surface area (Å²) in [6, 6.07) is 18.5. The molecule has 6 heteroatoms. The van der Waals surface area contributed by atoms with Crippen LogP contribution in [-0.4, -0.2) is 48.0 Å². The molecule has 4 rings (SSSR count). The van der Waals surface area contributed by atoms with Gasteiger partial charge in [0.25, 0.3) is 0 Å². The van der Waals surface area contributed by atoms with Crippen molar-refractivity contribution in [3.63, 3.8) is 0 Å². The minimum atomic E-state index is 0.131. The number of benzene rings is 2. The highest BCUT2D eigenvalue weighted by Gasteiger charge is 2.28. The van der Waals surface area contributed by atoms with Crippen LogP contribution < -0.4 is 9.64 Å². The van der Waals surface area contributed by atoms with Crippen molar-refractivity contribution in [1.82, 2.24) is 14.9 Å². The molecule has 1 aromatic heterocycles. The summed E-state index contributed by atoms with van der Waals surface area (Å²) < 4.78 is 5.33. The van der Waals surface area contributed by atoms with E-state index in [0.29, 0.717) is 25.9 Å². The molecule has 172 valence electrons. The number of carbonyl (C=O) groups is 1. The molecule has 0 spiro atoms. The van der Waals surface area contributed by atoms with Crippen LogP contribution in [0.4, 0.5) is 5.82 Å². The van der Waals surface area contributed by atoms with Crippen molar-refractivity contribution < 1.29 is 9.53 Å². The molecule has 0 aliphatic carbocycles. The van der Waals surface area contributed by atoms with E-state index in [9.17, 15) is 4.79 Å². The van der Waals surface area contributed by atoms with Gasteiger partial charge in [0.05, 0.1) is 13.7 Å². The molecule has 33 heavy (non-hydrogen) atoms. The lowest BCUT2D eigenvalue weighted by Crippen LogP contribution is -2.38. The molecule has 2 heterocycles. The minimum Gasteiger partial charge on any atom is -0.497 e. The van der Waals surface area contributed by atoms with Crippen molar-refractivity contribution in [3.8, 4) is 5.75 Å². The van der Waals surface area contributed by atoms with Crippen LogP contribution in [0.25, 0.3) is 0 Å². The van der Waals surface area contributed by atoms with Gasteiger partial charge in [-0.3, -0.25) is 14.6 Å². The summed E-state index contributed by atoms with van der Waals surface area (Å²) in [4.78, 5) is 26.6. The van der Waals surface area contributed by atoms with E-state index in [2.05, 4.69) is 42.3 Å². The van der Waals surface area contributed by atoms with E-state index in [1.807, 2.05) is 36.1 Å². The van der Waals surface area contributed by atoms with Gasteiger partial charge >= 0.3 is 0 Å². The second-order valence-corrected chi connectivity index (χ2v) is 8.65. The third kappa shape index (κ3) is 5.76. The minimum absolute atomic E-state index is 0.131. The van der Waals surface area contributed by atoms with Gasteiger partial charge in [-0.1, -0.05) is 42.5 Å². The number of hydrogen-bond acceptors (Lipinski definition) is 5. The number of aryl methyl sites for hydroxylation is 1. The topological polar surface area (TPSA) is 58.6 Å². The van der Waals surface area contributed by atoms with Gasteiger partial charge in [-0.15, -0.1) is 0 Å². The van der Waals surface area contributed by atoms with E-state index in [4.69, 9.17) is 14.7 Å². The van der Waals surface area contributed by atoms with Gasteiger partial charge in [-0.2, -0.15) is 0 Å². The largest absolute Gasteiger partial charge is 0.497 e. The first-order valence-corrected chi connectivity index (χ1v) is 11.6. The fraction of sp³-hybridized carbons (Fsp3) is 0.370. The average Bonchev–Trinajstić information content (AvgIpc) is 2.83. The van der Waals surface area contributed by atoms with Gasteiger partial charge in [-0.25, -0.2) is 9.97 Å². The predicted molar refractivity (Wildman–Crippen MR) is 131 cm³/mol. The molecule has 0 bridgehead atoms. The van der Waals surface area contributed by atoms with E-state index in [-0.39, 0.29) is 5.91 Å². The summed E-state index contributed by atoms with van der Waals surface area (Å²) in [5.41, 5.74) is 4.53. The third-order valence-corrected chi connectivity index (χ3v) is 6.18. The van der Waals surface area contributed by atoms with Gasteiger partial charge in [-0.05, 0) is 56.5 Å². The monoisotopic (exact) mass is 444 g/mol. The standard InChI is InChI=1S/C27H32N4O2/c1-20-24-12-13-26(32)31(17-15-22-10-7-11-23(18-22)33-3)27(24)29-25(28-20)19-30(2)16-14-21-8-5-4-6-9-21/h4-11,18H,12-17,19H2,1-3H3. The molecule has 0 atom stereocenters. The number of aromatic nitrogens is 2. The van der Waals surface area contributed by atoms with E-state index in [1.54, 1.807) is 7.11 Å². The summed E-state index contributed by atoms with van der Waals surface area (Å²) in [5, 5.41) is 0. The lowest BCUT2D eigenvalue weighted by Gasteiger charge is -2.30. The lowest BCUT2D eigenvalue weighted by atomic mass is 10.0. The van der Waals surface area contributed by atoms with E-state index < -0.39 is 0 Å². The Balaban J connectivity index is 1.47. The van der Waals surface area contributed by atoms with Crippen LogP contribution in [0.15, 0.2) is 54.6 Å². The Morgan fingerprint density at radius 3 is 2.58 bits per heavy atom. The molecular formula is C27H32N4O2. The van der Waals surface area contributed by atoms with Crippen molar-refractivity contribution in [3.05, 3.63) is 82.8 Å². The van der Waals surface area contributed by atoms with Gasteiger partial charge in [0.2, 0.25) is 5.91 Å². The Hall–Kier alpha value is -3.25. The Kier molecular flexibility index (Phi) is 7.35. The maximum absolute atomic E-state index is 12.8. The number of rotatable bonds is 9. The Morgan fingerprint density at radius 2 is 1.79 bits per heavy atom. The summed E-state index contributed by atoms with van der Waals surface area (Å²) in [6.07, 6.45) is 2.94. The maximum Gasteiger partial charge on any atom is 0.228 e. The number of amides is 1. The fourth-order valence-corrected chi connectivity index (χ4v) is 4.29. The number of fused-ring (bicyclic) bond motifs is 1. The Labute approximate surface area is 196 Å². The molecule has 0 fully saturated rings. The smallest absolute Gasteiger partial charge is 0.228 e. The van der Waals surface area contributed by atoms with Gasteiger partial charge in [0.15, 0.2) is 0 Å². The number of likely N-dealkylation sites (N-methyl/N-ethyl adjacent to an activating group) is 1. The van der Waals surface area contributed by atoms with Crippen LogP contribution in [0, 0.1) is 6.92 Å². The zero-order valence-electron chi connectivity index (χ0n) is 19.8. The third-order valence-electron chi connectivity index (χ3n) is 6.18. The maximum atomic E-state index is 12.8. The number of anilines is 1. The molecule has 0 unspecified atom stereocenters. The first-order chi connectivity index (χ1) is 16.0. The van der Waals surface area contributed by atoms with E-state index >= 15 is 0 Å². The number of hydrogen-bond donors (Lipinski definition) is 0. The molecule has 1 amide bonds. The molecule has 0 saturated heterocycles. The molecule has 0 saturated carbocycles. The van der Waals surface area contributed by atoms with Crippen LogP contribution in [0.5, 0.6) is 5.75 Å². The van der Waals surface area contributed by atoms with Crippen LogP contribution in [-0.2, 0) is 30.6 Å². The zero-order valence-corrected chi connectivity index (χ0v) is 19.8. The van der Waals surface area contributed by atoms with Crippen LogP contribution in [0.2, 0.25) is 0 Å². The normalized spacial score (nSPS) is 13.3. The summed E-state index contributed by atoms with van der Waals surface area (Å²) in [6.45, 7) is 4.20. The zero-order chi connectivity index (χ0) is 23.2. The highest BCUT2D eigenvalue weighted by atomic mass is 16.5. The summed E-state index contributed by atoms with van der Waals surface area (Å²) in [5.74, 6) is 2.51. The highest BCUT2D eigenvalue weighted by molar-refractivity contribution is 5.95. The number of methoxy groups -OCH3 is 1. The number of ether oxygens (including phenoxy) is 1. The van der Waals surface area contributed by atoms with E-state index in [1.165, 1.54) is 5.56 Å². The van der Waals surface area contributed by atoms with Crippen molar-refractivity contribution in [2.45, 2.75) is 39.2 Å². The predicted octanol–water partition coefficient (Wildman–Crippen LogP) is 3.99. The van der Waals surface area contributed by atoms with Gasteiger partial charge in [0, 0.05) is 30.8 Å². The average molecular weight is 445 g/mol. The number of carbonyl (C=O) groups excluding carboxylic acids is 1. The van der Waals surface area contributed by atoms with Gasteiger partial charge in [0.1, 0.15) is 17.4 Å². The number of nitrogens with zero attached hydrogens (tertiary/aromatic N) is 4. The van der Waals surface area contributed by atoms with Crippen molar-refractivity contribution >= 4 is 11.7 Å². The fourth-order valence-electron chi connectivity index (χ4n) is 4.29. The molecule has 6 nitrogen and oxygen atoms in total. The highest BCUT2D eigenvalue weighted by Crippen LogP contribution is 2.28. The van der Waals surface area contributed by atoms with Crippen LogP contribution in [0.3, 0.4) is 0 Å². The molecule has 1 aliphatic rings. The summed E-state index contributed by atoms with van der Waals surface area (Å²) >= 11 is 0. The van der Waals surface area contributed by atoms with Crippen LogP contribution in [0.1, 0.15) is 34.6 Å². The summed E-state index contributed by atoms with van der Waals surface area (Å²) in [7, 11) is 3.76. The molecule has 0 N–H and O–H groups in total. The van der Waals surface area contributed by atoms with Crippen LogP contribution >= 0.6 is 0 Å². The molecule has 2 aromatic carbocycles. The first-order valence-electron chi connectivity index (χ1n) is 11.6. The molecular weight excluding hydrogens is 412 g/mol. The SMILES string of the molecule is COc1cccc(CCN2C(=O)CCc3c(C)nc(CN(C)CCc4ccccc4)nc32)c1. The lowest BCUT2D eigenvalue weighted by molar-refractivity contribution is -0.118. The van der Waals surface area contributed by atoms with Crippen molar-refractivity contribution in [2.75, 3.05) is 32.1 Å². The quantitative estimate of drug-likeness (QED) is 0.500. The molecule has 0 radical (unpaired) electrons. The second kappa shape index (κ2) is 10.6. The molecule has 1 aliphatic heterocycles. The van der Waals surface area contributed by atoms with Crippen molar-refractivity contribution in [1.29, 1.82) is 0 Å². The van der Waals surface area contributed by atoms with Gasteiger partial charge < -0.3 is 4.74 Å². The second-order valence-electron chi connectivity index (χ2n) is 8.65. The van der Waals surface area contributed by atoms with Crippen molar-refractivity contribution in [2.24, 2.45) is 0 Å². The van der Waals surface area contributed by atoms with E-state index in [0.717, 1.165) is 53.6 Å². The first kappa shape index (κ1) is 22.9.